The second-order valence-electron chi connectivity index (χ2n) is 4.87. The van der Waals surface area contributed by atoms with E-state index in [4.69, 9.17) is 11.6 Å². The molecular formula is C16H17ClINO. The van der Waals surface area contributed by atoms with Crippen molar-refractivity contribution in [3.05, 3.63) is 56.6 Å². The normalized spacial score (nSPS) is 12.2. The molecule has 2 aromatic rings. The molecule has 0 aliphatic carbocycles. The molecule has 0 radical (unpaired) electrons. The summed E-state index contributed by atoms with van der Waals surface area (Å²) in [5.41, 5.74) is 2.36. The standard InChI is InChI=1S/C16H17ClINO/c1-11(2-3-12-4-7-14(20)8-5-12)19-16-9-6-13(17)10-15(16)18/h4-11,19-20H,2-3H2,1H3. The number of hydrogen-bond donors (Lipinski definition) is 2. The number of benzene rings is 2. The highest BCUT2D eigenvalue weighted by molar-refractivity contribution is 14.1. The number of aromatic hydroxyl groups is 1. The summed E-state index contributed by atoms with van der Waals surface area (Å²) in [6.07, 6.45) is 2.02. The highest BCUT2D eigenvalue weighted by Gasteiger charge is 2.06. The van der Waals surface area contributed by atoms with Crippen LogP contribution in [0.15, 0.2) is 42.5 Å². The van der Waals surface area contributed by atoms with Gasteiger partial charge in [0.05, 0.1) is 0 Å². The Hall–Kier alpha value is -0.940. The lowest BCUT2D eigenvalue weighted by atomic mass is 10.1. The van der Waals surface area contributed by atoms with Crippen LogP contribution in [0.5, 0.6) is 5.75 Å². The Balaban J connectivity index is 1.89. The van der Waals surface area contributed by atoms with Gasteiger partial charge in [-0.25, -0.2) is 0 Å². The monoisotopic (exact) mass is 401 g/mol. The van der Waals surface area contributed by atoms with E-state index < -0.39 is 0 Å². The van der Waals surface area contributed by atoms with Gasteiger partial charge >= 0.3 is 0 Å². The van der Waals surface area contributed by atoms with Crippen LogP contribution in [0, 0.1) is 3.57 Å². The molecule has 0 saturated carbocycles. The van der Waals surface area contributed by atoms with Crippen LogP contribution in [0.4, 0.5) is 5.69 Å². The van der Waals surface area contributed by atoms with Crippen LogP contribution in [-0.2, 0) is 6.42 Å². The van der Waals surface area contributed by atoms with Gasteiger partial charge in [-0.15, -0.1) is 0 Å². The van der Waals surface area contributed by atoms with Crippen molar-refractivity contribution in [2.75, 3.05) is 5.32 Å². The van der Waals surface area contributed by atoms with E-state index >= 15 is 0 Å². The van der Waals surface area contributed by atoms with Crippen LogP contribution < -0.4 is 5.32 Å². The molecule has 2 rings (SSSR count). The molecule has 0 amide bonds. The third kappa shape index (κ3) is 4.56. The van der Waals surface area contributed by atoms with Gasteiger partial charge in [-0.3, -0.25) is 0 Å². The SMILES string of the molecule is CC(CCc1ccc(O)cc1)Nc1ccc(Cl)cc1I. The maximum absolute atomic E-state index is 9.26. The number of phenols is 1. The predicted octanol–water partition coefficient (Wildman–Crippen LogP) is 5.08. The van der Waals surface area contributed by atoms with E-state index in [2.05, 4.69) is 34.8 Å². The van der Waals surface area contributed by atoms with Gasteiger partial charge in [0.15, 0.2) is 0 Å². The first-order valence-electron chi connectivity index (χ1n) is 6.54. The smallest absolute Gasteiger partial charge is 0.115 e. The number of nitrogens with one attached hydrogen (secondary N) is 1. The van der Waals surface area contributed by atoms with E-state index in [1.54, 1.807) is 12.1 Å². The topological polar surface area (TPSA) is 32.3 Å². The Labute approximate surface area is 138 Å². The van der Waals surface area contributed by atoms with Crippen molar-refractivity contribution < 1.29 is 5.11 Å². The molecule has 2 nitrogen and oxygen atoms in total. The molecule has 0 fully saturated rings. The summed E-state index contributed by atoms with van der Waals surface area (Å²) in [6, 6.07) is 13.6. The van der Waals surface area contributed by atoms with Gasteiger partial charge in [0.1, 0.15) is 5.75 Å². The quantitative estimate of drug-likeness (QED) is 0.685. The fourth-order valence-corrected chi connectivity index (χ4v) is 3.02. The van der Waals surface area contributed by atoms with Crippen molar-refractivity contribution in [2.45, 2.75) is 25.8 Å². The first kappa shape index (κ1) is 15.4. The molecule has 0 spiro atoms. The summed E-state index contributed by atoms with van der Waals surface area (Å²) in [4.78, 5) is 0. The van der Waals surface area contributed by atoms with E-state index in [9.17, 15) is 5.11 Å². The average molecular weight is 402 g/mol. The van der Waals surface area contributed by atoms with Gasteiger partial charge < -0.3 is 10.4 Å². The minimum absolute atomic E-state index is 0.315. The van der Waals surface area contributed by atoms with Crippen LogP contribution >= 0.6 is 34.2 Å². The summed E-state index contributed by atoms with van der Waals surface area (Å²) in [5, 5.41) is 13.5. The lowest BCUT2D eigenvalue weighted by Crippen LogP contribution is -2.16. The molecule has 0 aromatic heterocycles. The van der Waals surface area contributed by atoms with Gasteiger partial charge in [0, 0.05) is 20.3 Å². The third-order valence-electron chi connectivity index (χ3n) is 3.14. The molecule has 1 atom stereocenters. The Morgan fingerprint density at radius 3 is 2.55 bits per heavy atom. The number of phenolic OH excluding ortho intramolecular Hbond substituents is 1. The molecule has 0 bridgehead atoms. The third-order valence-corrected chi connectivity index (χ3v) is 4.26. The van der Waals surface area contributed by atoms with Crippen LogP contribution in [0.1, 0.15) is 18.9 Å². The van der Waals surface area contributed by atoms with E-state index in [0.717, 1.165) is 27.1 Å². The van der Waals surface area contributed by atoms with E-state index in [1.165, 1.54) is 5.56 Å². The van der Waals surface area contributed by atoms with Crippen molar-refractivity contribution >= 4 is 39.9 Å². The molecule has 0 aliphatic rings. The molecule has 0 saturated heterocycles. The molecular weight excluding hydrogens is 385 g/mol. The zero-order valence-electron chi connectivity index (χ0n) is 11.2. The van der Waals surface area contributed by atoms with Crippen molar-refractivity contribution in [3.63, 3.8) is 0 Å². The number of rotatable bonds is 5. The zero-order valence-corrected chi connectivity index (χ0v) is 14.1. The minimum Gasteiger partial charge on any atom is -0.508 e. The second kappa shape index (κ2) is 7.18. The Bertz CT molecular complexity index is 571. The molecule has 106 valence electrons. The highest BCUT2D eigenvalue weighted by atomic mass is 127. The van der Waals surface area contributed by atoms with Crippen molar-refractivity contribution in [2.24, 2.45) is 0 Å². The summed E-state index contributed by atoms with van der Waals surface area (Å²) < 4.78 is 1.13. The summed E-state index contributed by atoms with van der Waals surface area (Å²) in [6.45, 7) is 2.17. The Kier molecular flexibility index (Phi) is 5.54. The number of hydrogen-bond acceptors (Lipinski definition) is 2. The van der Waals surface area contributed by atoms with E-state index in [1.807, 2.05) is 30.3 Å². The largest absolute Gasteiger partial charge is 0.508 e. The minimum atomic E-state index is 0.315. The lowest BCUT2D eigenvalue weighted by molar-refractivity contribution is 0.475. The van der Waals surface area contributed by atoms with Crippen molar-refractivity contribution in [1.29, 1.82) is 0 Å². The summed E-state index contributed by atoms with van der Waals surface area (Å²) >= 11 is 8.24. The number of anilines is 1. The fourth-order valence-electron chi connectivity index (χ4n) is 1.99. The number of aryl methyl sites for hydroxylation is 1. The molecule has 0 heterocycles. The van der Waals surface area contributed by atoms with Gasteiger partial charge in [0.25, 0.3) is 0 Å². The molecule has 2 aromatic carbocycles. The fraction of sp³-hybridized carbons (Fsp3) is 0.250. The Morgan fingerprint density at radius 2 is 1.90 bits per heavy atom. The van der Waals surface area contributed by atoms with Crippen molar-refractivity contribution in [3.8, 4) is 5.75 Å². The maximum atomic E-state index is 9.26. The lowest BCUT2D eigenvalue weighted by Gasteiger charge is -2.16. The summed E-state index contributed by atoms with van der Waals surface area (Å²) in [7, 11) is 0. The van der Waals surface area contributed by atoms with Crippen LogP contribution in [-0.4, -0.2) is 11.1 Å². The Morgan fingerprint density at radius 1 is 1.20 bits per heavy atom. The van der Waals surface area contributed by atoms with Gasteiger partial charge in [0.2, 0.25) is 0 Å². The zero-order chi connectivity index (χ0) is 14.5. The van der Waals surface area contributed by atoms with Crippen LogP contribution in [0.2, 0.25) is 5.02 Å². The van der Waals surface area contributed by atoms with E-state index in [0.29, 0.717) is 11.8 Å². The van der Waals surface area contributed by atoms with Crippen molar-refractivity contribution in [1.82, 2.24) is 0 Å². The summed E-state index contributed by atoms with van der Waals surface area (Å²) in [5.74, 6) is 0.315. The van der Waals surface area contributed by atoms with Crippen LogP contribution in [0.25, 0.3) is 0 Å². The highest BCUT2D eigenvalue weighted by Crippen LogP contribution is 2.23. The molecule has 4 heteroatoms. The van der Waals surface area contributed by atoms with E-state index in [-0.39, 0.29) is 0 Å². The van der Waals surface area contributed by atoms with Crippen LogP contribution in [0.3, 0.4) is 0 Å². The molecule has 2 N–H and O–H groups in total. The maximum Gasteiger partial charge on any atom is 0.115 e. The molecule has 0 aliphatic heterocycles. The first-order valence-corrected chi connectivity index (χ1v) is 8.00. The second-order valence-corrected chi connectivity index (χ2v) is 6.47. The average Bonchev–Trinajstić information content (AvgIpc) is 2.41. The molecule has 1 unspecified atom stereocenters. The number of halogens is 2. The van der Waals surface area contributed by atoms with Gasteiger partial charge in [-0.05, 0) is 78.3 Å². The molecule has 20 heavy (non-hydrogen) atoms. The predicted molar refractivity (Wildman–Crippen MR) is 93.7 cm³/mol. The van der Waals surface area contributed by atoms with Gasteiger partial charge in [-0.2, -0.15) is 0 Å². The van der Waals surface area contributed by atoms with Gasteiger partial charge in [-0.1, -0.05) is 23.7 Å². The first-order chi connectivity index (χ1) is 9.54.